The lowest BCUT2D eigenvalue weighted by Crippen LogP contribution is -2.25. The van der Waals surface area contributed by atoms with Gasteiger partial charge in [0.2, 0.25) is 0 Å². The number of rotatable bonds is 6. The van der Waals surface area contributed by atoms with Gasteiger partial charge in [-0.1, -0.05) is 12.1 Å². The molecule has 0 aliphatic carbocycles. The van der Waals surface area contributed by atoms with Crippen molar-refractivity contribution in [3.8, 4) is 0 Å². The van der Waals surface area contributed by atoms with E-state index >= 15 is 0 Å². The topological polar surface area (TPSA) is 58.1 Å². The predicted octanol–water partition coefficient (Wildman–Crippen LogP) is 4.56. The van der Waals surface area contributed by atoms with Gasteiger partial charge < -0.3 is 5.32 Å². The first-order chi connectivity index (χ1) is 14.5. The number of amides is 1. The number of aromatic nitrogens is 2. The molecule has 3 aromatic rings. The van der Waals surface area contributed by atoms with E-state index in [4.69, 9.17) is 4.98 Å². The number of hydrogen-bond donors (Lipinski definition) is 1. The van der Waals surface area contributed by atoms with Crippen molar-refractivity contribution >= 4 is 17.2 Å². The van der Waals surface area contributed by atoms with Crippen LogP contribution in [0.15, 0.2) is 42.6 Å². The molecule has 5 nitrogen and oxygen atoms in total. The fourth-order valence-electron chi connectivity index (χ4n) is 3.91. The minimum absolute atomic E-state index is 0.167. The lowest BCUT2D eigenvalue weighted by molar-refractivity contribution is 0.0949. The summed E-state index contributed by atoms with van der Waals surface area (Å²) >= 11 is 1.74. The molecule has 0 bridgehead atoms. The highest BCUT2D eigenvalue weighted by Gasteiger charge is 2.28. The van der Waals surface area contributed by atoms with Gasteiger partial charge in [0, 0.05) is 24.2 Å². The maximum atomic E-state index is 13.0. The first-order valence-electron chi connectivity index (χ1n) is 10.1. The molecular weight excluding hydrogens is 399 g/mol. The van der Waals surface area contributed by atoms with Crippen molar-refractivity contribution in [3.05, 3.63) is 80.8 Å². The standard InChI is InChI=1S/C23H25FN4OS/c1-15-20(23(29)26-12-17-5-7-18(24)8-6-17)9-10-21(27-15)22-4-3-11-28(22)14-19-13-25-16(2)30-19/h5-10,13,22H,3-4,11-12,14H2,1-2H3,(H,26,29). The zero-order chi connectivity index (χ0) is 21.1. The van der Waals surface area contributed by atoms with Crippen molar-refractivity contribution in [2.75, 3.05) is 6.54 Å². The highest BCUT2D eigenvalue weighted by atomic mass is 32.1. The third kappa shape index (κ3) is 4.74. The monoisotopic (exact) mass is 424 g/mol. The summed E-state index contributed by atoms with van der Waals surface area (Å²) in [6, 6.07) is 10.2. The van der Waals surface area contributed by atoms with Crippen LogP contribution >= 0.6 is 11.3 Å². The molecule has 1 unspecified atom stereocenters. The third-order valence-electron chi connectivity index (χ3n) is 5.45. The quantitative estimate of drug-likeness (QED) is 0.630. The SMILES string of the molecule is Cc1ncc(CN2CCCC2c2ccc(C(=O)NCc3ccc(F)cc3)c(C)n2)s1. The van der Waals surface area contributed by atoms with Crippen LogP contribution in [0.2, 0.25) is 0 Å². The van der Waals surface area contributed by atoms with Gasteiger partial charge in [0.1, 0.15) is 5.82 Å². The summed E-state index contributed by atoms with van der Waals surface area (Å²) in [5, 5.41) is 3.98. The van der Waals surface area contributed by atoms with Crippen LogP contribution < -0.4 is 5.32 Å². The van der Waals surface area contributed by atoms with E-state index in [1.807, 2.05) is 32.2 Å². The predicted molar refractivity (Wildman–Crippen MR) is 116 cm³/mol. The summed E-state index contributed by atoms with van der Waals surface area (Å²) in [7, 11) is 0. The van der Waals surface area contributed by atoms with Gasteiger partial charge in [0.25, 0.3) is 5.91 Å². The lowest BCUT2D eigenvalue weighted by atomic mass is 10.1. The number of thiazole rings is 1. The maximum absolute atomic E-state index is 13.0. The third-order valence-corrected chi connectivity index (χ3v) is 6.35. The molecule has 7 heteroatoms. The molecule has 3 heterocycles. The zero-order valence-corrected chi connectivity index (χ0v) is 18.0. The molecular formula is C23H25FN4OS. The summed E-state index contributed by atoms with van der Waals surface area (Å²) in [4.78, 5) is 25.5. The van der Waals surface area contributed by atoms with Crippen LogP contribution in [0.1, 0.15) is 56.1 Å². The second-order valence-corrected chi connectivity index (χ2v) is 8.97. The average molecular weight is 425 g/mol. The molecule has 1 aromatic carbocycles. The fourth-order valence-corrected chi connectivity index (χ4v) is 4.74. The average Bonchev–Trinajstić information content (AvgIpc) is 3.36. The number of aryl methyl sites for hydroxylation is 2. The van der Waals surface area contributed by atoms with E-state index in [0.29, 0.717) is 12.1 Å². The largest absolute Gasteiger partial charge is 0.348 e. The number of pyridine rings is 1. The molecule has 30 heavy (non-hydrogen) atoms. The van der Waals surface area contributed by atoms with E-state index < -0.39 is 0 Å². The molecule has 1 N–H and O–H groups in total. The second-order valence-electron chi connectivity index (χ2n) is 7.65. The Morgan fingerprint density at radius 2 is 2.03 bits per heavy atom. The van der Waals surface area contributed by atoms with E-state index in [-0.39, 0.29) is 17.8 Å². The van der Waals surface area contributed by atoms with Gasteiger partial charge in [-0.2, -0.15) is 0 Å². The van der Waals surface area contributed by atoms with Gasteiger partial charge in [0.15, 0.2) is 0 Å². The van der Waals surface area contributed by atoms with Gasteiger partial charge in [-0.3, -0.25) is 14.7 Å². The van der Waals surface area contributed by atoms with Crippen LogP contribution in [0.25, 0.3) is 0 Å². The van der Waals surface area contributed by atoms with E-state index in [1.165, 1.54) is 17.0 Å². The van der Waals surface area contributed by atoms with Crippen LogP contribution in [0.5, 0.6) is 0 Å². The Kier molecular flexibility index (Phi) is 6.20. The van der Waals surface area contributed by atoms with E-state index in [0.717, 1.165) is 47.9 Å². The summed E-state index contributed by atoms with van der Waals surface area (Å²) in [5.41, 5.74) is 3.17. The smallest absolute Gasteiger partial charge is 0.253 e. The van der Waals surface area contributed by atoms with Crippen LogP contribution in [0, 0.1) is 19.7 Å². The number of likely N-dealkylation sites (tertiary alicyclic amines) is 1. The molecule has 2 aromatic heterocycles. The number of nitrogens with one attached hydrogen (secondary N) is 1. The minimum atomic E-state index is -0.285. The summed E-state index contributed by atoms with van der Waals surface area (Å²) in [5.74, 6) is -0.452. The van der Waals surface area contributed by atoms with E-state index in [2.05, 4.69) is 15.2 Å². The molecule has 1 aliphatic rings. The molecule has 1 saturated heterocycles. The molecule has 1 atom stereocenters. The van der Waals surface area contributed by atoms with Crippen LogP contribution in [-0.4, -0.2) is 27.3 Å². The molecule has 0 radical (unpaired) electrons. The second kappa shape index (κ2) is 9.02. The Hall–Kier alpha value is -2.64. The minimum Gasteiger partial charge on any atom is -0.348 e. The molecule has 1 fully saturated rings. The molecule has 1 amide bonds. The van der Waals surface area contributed by atoms with Gasteiger partial charge in [0.05, 0.1) is 28.0 Å². The molecule has 0 spiro atoms. The van der Waals surface area contributed by atoms with Crippen LogP contribution in [0.3, 0.4) is 0 Å². The molecule has 1 aliphatic heterocycles. The number of carbonyl (C=O) groups excluding carboxylic acids is 1. The van der Waals surface area contributed by atoms with Crippen molar-refractivity contribution in [3.63, 3.8) is 0 Å². The van der Waals surface area contributed by atoms with E-state index in [1.54, 1.807) is 23.5 Å². The Balaban J connectivity index is 1.42. The fraction of sp³-hybridized carbons (Fsp3) is 0.348. The van der Waals surface area contributed by atoms with Crippen LogP contribution in [0.4, 0.5) is 4.39 Å². The van der Waals surface area contributed by atoms with Crippen LogP contribution in [-0.2, 0) is 13.1 Å². The number of nitrogens with zero attached hydrogens (tertiary/aromatic N) is 3. The lowest BCUT2D eigenvalue weighted by Gasteiger charge is -2.24. The van der Waals surface area contributed by atoms with E-state index in [9.17, 15) is 9.18 Å². The van der Waals surface area contributed by atoms with Crippen molar-refractivity contribution in [2.45, 2.75) is 45.8 Å². The number of hydrogen-bond acceptors (Lipinski definition) is 5. The molecule has 4 rings (SSSR count). The Bertz CT molecular complexity index is 1030. The van der Waals surface area contributed by atoms with Gasteiger partial charge >= 0.3 is 0 Å². The van der Waals surface area contributed by atoms with Crippen molar-refractivity contribution in [1.29, 1.82) is 0 Å². The number of halogens is 1. The normalized spacial score (nSPS) is 16.7. The highest BCUT2D eigenvalue weighted by molar-refractivity contribution is 7.11. The van der Waals surface area contributed by atoms with Crippen molar-refractivity contribution in [1.82, 2.24) is 20.2 Å². The van der Waals surface area contributed by atoms with Crippen molar-refractivity contribution < 1.29 is 9.18 Å². The van der Waals surface area contributed by atoms with Gasteiger partial charge in [-0.15, -0.1) is 11.3 Å². The Morgan fingerprint density at radius 3 is 2.73 bits per heavy atom. The molecule has 0 saturated carbocycles. The summed E-state index contributed by atoms with van der Waals surface area (Å²) in [6.07, 6.45) is 4.17. The zero-order valence-electron chi connectivity index (χ0n) is 17.2. The maximum Gasteiger partial charge on any atom is 0.253 e. The summed E-state index contributed by atoms with van der Waals surface area (Å²) in [6.45, 7) is 6.19. The first kappa shape index (κ1) is 20.6. The number of benzene rings is 1. The number of carbonyl (C=O) groups is 1. The highest BCUT2D eigenvalue weighted by Crippen LogP contribution is 2.33. The van der Waals surface area contributed by atoms with Gasteiger partial charge in [-0.25, -0.2) is 9.37 Å². The molecule has 156 valence electrons. The Labute approximate surface area is 180 Å². The Morgan fingerprint density at radius 1 is 1.23 bits per heavy atom. The summed E-state index contributed by atoms with van der Waals surface area (Å²) < 4.78 is 13.0. The van der Waals surface area contributed by atoms with Crippen molar-refractivity contribution in [2.24, 2.45) is 0 Å². The first-order valence-corrected chi connectivity index (χ1v) is 11.0. The van der Waals surface area contributed by atoms with Gasteiger partial charge in [-0.05, 0) is 63.1 Å².